The van der Waals surface area contributed by atoms with E-state index in [-0.39, 0.29) is 11.5 Å². The van der Waals surface area contributed by atoms with Gasteiger partial charge in [0, 0.05) is 16.8 Å². The van der Waals surface area contributed by atoms with Gasteiger partial charge >= 0.3 is 5.97 Å². The van der Waals surface area contributed by atoms with Crippen molar-refractivity contribution in [3.63, 3.8) is 0 Å². The van der Waals surface area contributed by atoms with Crippen molar-refractivity contribution in [2.24, 2.45) is 0 Å². The molecule has 0 unspecified atom stereocenters. The maximum atomic E-state index is 11.9. The van der Waals surface area contributed by atoms with Crippen LogP contribution >= 0.6 is 0 Å². The number of nitrogens with one attached hydrogen (secondary N) is 1. The summed E-state index contributed by atoms with van der Waals surface area (Å²) in [5.41, 5.74) is 1.57. The lowest BCUT2D eigenvalue weighted by atomic mass is 10.1. The highest BCUT2D eigenvalue weighted by Gasteiger charge is 2.25. The van der Waals surface area contributed by atoms with Gasteiger partial charge in [0.2, 0.25) is 0 Å². The van der Waals surface area contributed by atoms with Crippen molar-refractivity contribution in [1.82, 2.24) is 5.32 Å². The minimum Gasteiger partial charge on any atom is -0.478 e. The lowest BCUT2D eigenvalue weighted by Crippen LogP contribution is -2.25. The van der Waals surface area contributed by atoms with E-state index >= 15 is 0 Å². The molecule has 0 aromatic rings. The SMILES string of the molecule is O=C(O)C1=C(C(=O)NC2=CC=CCC2)CCC1. The van der Waals surface area contributed by atoms with Gasteiger partial charge in [-0.25, -0.2) is 4.79 Å². The van der Waals surface area contributed by atoms with Gasteiger partial charge < -0.3 is 10.4 Å². The maximum absolute atomic E-state index is 11.9. The third-order valence-electron chi connectivity index (χ3n) is 3.04. The number of carbonyl (C=O) groups excluding carboxylic acids is 1. The number of carboxylic acid groups (broad SMARTS) is 1. The van der Waals surface area contributed by atoms with Crippen molar-refractivity contribution in [3.8, 4) is 0 Å². The number of allylic oxidation sites excluding steroid dienone is 4. The fourth-order valence-corrected chi connectivity index (χ4v) is 2.16. The molecule has 1 amide bonds. The normalized spacial score (nSPS) is 19.2. The molecule has 0 heterocycles. The van der Waals surface area contributed by atoms with Crippen LogP contribution in [0.15, 0.2) is 35.1 Å². The molecule has 0 aromatic heterocycles. The Morgan fingerprint density at radius 2 is 1.94 bits per heavy atom. The molecule has 4 heteroatoms. The Hall–Kier alpha value is -1.84. The molecule has 2 N–H and O–H groups in total. The van der Waals surface area contributed by atoms with Crippen molar-refractivity contribution >= 4 is 11.9 Å². The van der Waals surface area contributed by atoms with Gasteiger partial charge in [0.15, 0.2) is 0 Å². The molecular weight excluding hydrogens is 218 g/mol. The summed E-state index contributed by atoms with van der Waals surface area (Å²) in [5.74, 6) is -1.22. The zero-order chi connectivity index (χ0) is 12.3. The van der Waals surface area contributed by atoms with Gasteiger partial charge in [-0.15, -0.1) is 0 Å². The molecule has 2 aliphatic rings. The average molecular weight is 233 g/mol. The third-order valence-corrected chi connectivity index (χ3v) is 3.04. The van der Waals surface area contributed by atoms with Crippen LogP contribution in [0, 0.1) is 0 Å². The summed E-state index contributed by atoms with van der Waals surface area (Å²) < 4.78 is 0. The first-order valence-corrected chi connectivity index (χ1v) is 5.81. The first kappa shape index (κ1) is 11.6. The Kier molecular flexibility index (Phi) is 3.42. The lowest BCUT2D eigenvalue weighted by molar-refractivity contribution is -0.133. The molecule has 0 fully saturated rings. The van der Waals surface area contributed by atoms with E-state index in [0.717, 1.165) is 25.0 Å². The molecule has 0 aromatic carbocycles. The molecule has 0 bridgehead atoms. The Morgan fingerprint density at radius 1 is 1.18 bits per heavy atom. The first-order valence-electron chi connectivity index (χ1n) is 5.81. The van der Waals surface area contributed by atoms with Crippen molar-refractivity contribution in [2.45, 2.75) is 32.1 Å². The fraction of sp³-hybridized carbons (Fsp3) is 0.385. The van der Waals surface area contributed by atoms with Crippen LogP contribution in [0.4, 0.5) is 0 Å². The van der Waals surface area contributed by atoms with Crippen molar-refractivity contribution in [1.29, 1.82) is 0 Å². The van der Waals surface area contributed by atoms with Crippen LogP contribution in [0.1, 0.15) is 32.1 Å². The molecule has 0 spiro atoms. The monoisotopic (exact) mass is 233 g/mol. The summed E-state index contributed by atoms with van der Waals surface area (Å²) in [4.78, 5) is 22.9. The highest BCUT2D eigenvalue weighted by molar-refractivity contribution is 6.03. The molecular formula is C13H15NO3. The molecule has 0 radical (unpaired) electrons. The number of carboxylic acids is 1. The largest absolute Gasteiger partial charge is 0.478 e. The molecule has 17 heavy (non-hydrogen) atoms. The molecule has 2 aliphatic carbocycles. The Morgan fingerprint density at radius 3 is 2.59 bits per heavy atom. The number of amides is 1. The number of aliphatic carboxylic acids is 1. The van der Waals surface area contributed by atoms with Crippen LogP contribution in [0.5, 0.6) is 0 Å². The average Bonchev–Trinajstić information content (AvgIpc) is 2.79. The summed E-state index contributed by atoms with van der Waals surface area (Å²) >= 11 is 0. The Bertz CT molecular complexity index is 444. The highest BCUT2D eigenvalue weighted by atomic mass is 16.4. The fourth-order valence-electron chi connectivity index (χ4n) is 2.16. The van der Waals surface area contributed by atoms with Gasteiger partial charge in [-0.05, 0) is 38.2 Å². The quantitative estimate of drug-likeness (QED) is 0.782. The van der Waals surface area contributed by atoms with Gasteiger partial charge in [0.1, 0.15) is 0 Å². The van der Waals surface area contributed by atoms with Crippen LogP contribution in [0.25, 0.3) is 0 Å². The number of hydrogen-bond acceptors (Lipinski definition) is 2. The summed E-state index contributed by atoms with van der Waals surface area (Å²) in [6.07, 6.45) is 9.33. The van der Waals surface area contributed by atoms with Gasteiger partial charge in [0.25, 0.3) is 5.91 Å². The standard InChI is InChI=1S/C13H15NO3/c15-12(14-9-5-2-1-3-6-9)10-7-4-8-11(10)13(16)17/h1-2,5H,3-4,6-8H2,(H,14,15)(H,16,17). The topological polar surface area (TPSA) is 66.4 Å². The van der Waals surface area contributed by atoms with Gasteiger partial charge in [0.05, 0.1) is 0 Å². The summed E-state index contributed by atoms with van der Waals surface area (Å²) in [6, 6.07) is 0. The zero-order valence-electron chi connectivity index (χ0n) is 9.53. The Balaban J connectivity index is 2.09. The van der Waals surface area contributed by atoms with E-state index < -0.39 is 5.97 Å². The molecule has 4 nitrogen and oxygen atoms in total. The van der Waals surface area contributed by atoms with Gasteiger partial charge in [-0.3, -0.25) is 4.79 Å². The molecule has 0 aliphatic heterocycles. The molecule has 0 saturated carbocycles. The van der Waals surface area contributed by atoms with E-state index in [4.69, 9.17) is 5.11 Å². The van der Waals surface area contributed by atoms with Crippen LogP contribution in [0.2, 0.25) is 0 Å². The molecule has 2 rings (SSSR count). The minimum atomic E-state index is -0.967. The number of carbonyl (C=O) groups is 2. The summed E-state index contributed by atoms with van der Waals surface area (Å²) in [7, 11) is 0. The zero-order valence-corrected chi connectivity index (χ0v) is 9.53. The van der Waals surface area contributed by atoms with Crippen LogP contribution in [-0.4, -0.2) is 17.0 Å². The van der Waals surface area contributed by atoms with Gasteiger partial charge in [-0.1, -0.05) is 12.2 Å². The van der Waals surface area contributed by atoms with E-state index in [1.54, 1.807) is 0 Å². The second-order valence-electron chi connectivity index (χ2n) is 4.23. The van der Waals surface area contributed by atoms with E-state index in [9.17, 15) is 9.59 Å². The maximum Gasteiger partial charge on any atom is 0.332 e. The lowest BCUT2D eigenvalue weighted by Gasteiger charge is -2.11. The van der Waals surface area contributed by atoms with Gasteiger partial charge in [-0.2, -0.15) is 0 Å². The van der Waals surface area contributed by atoms with Crippen molar-refractivity contribution in [2.75, 3.05) is 0 Å². The first-order chi connectivity index (χ1) is 8.18. The Labute approximate surface area is 99.7 Å². The van der Waals surface area contributed by atoms with Crippen molar-refractivity contribution in [3.05, 3.63) is 35.1 Å². The van der Waals surface area contributed by atoms with E-state index in [1.165, 1.54) is 0 Å². The van der Waals surface area contributed by atoms with E-state index in [1.807, 2.05) is 18.2 Å². The molecule has 0 atom stereocenters. The second-order valence-corrected chi connectivity index (χ2v) is 4.23. The summed E-state index contributed by atoms with van der Waals surface area (Å²) in [5, 5.41) is 11.8. The number of hydrogen-bond donors (Lipinski definition) is 2. The second kappa shape index (κ2) is 4.99. The molecule has 0 saturated heterocycles. The number of rotatable bonds is 3. The minimum absolute atomic E-state index is 0.249. The van der Waals surface area contributed by atoms with Crippen LogP contribution in [-0.2, 0) is 9.59 Å². The highest BCUT2D eigenvalue weighted by Crippen LogP contribution is 2.26. The predicted molar refractivity (Wildman–Crippen MR) is 63.1 cm³/mol. The van der Waals surface area contributed by atoms with Crippen molar-refractivity contribution < 1.29 is 14.7 Å². The molecule has 90 valence electrons. The summed E-state index contributed by atoms with van der Waals surface area (Å²) in [6.45, 7) is 0. The predicted octanol–water partition coefficient (Wildman–Crippen LogP) is 1.90. The third kappa shape index (κ3) is 2.64. The van der Waals surface area contributed by atoms with E-state index in [0.29, 0.717) is 18.4 Å². The van der Waals surface area contributed by atoms with E-state index in [2.05, 4.69) is 5.32 Å². The van der Waals surface area contributed by atoms with Crippen LogP contribution in [0.3, 0.4) is 0 Å². The smallest absolute Gasteiger partial charge is 0.332 e. The van der Waals surface area contributed by atoms with Crippen LogP contribution < -0.4 is 5.32 Å².